The maximum Gasteiger partial charge on any atom is 0.349 e. The Kier molecular flexibility index (Phi) is 6.69. The molecule has 8 nitrogen and oxygen atoms in total. The average molecular weight is 369 g/mol. The van der Waals surface area contributed by atoms with Gasteiger partial charge in [0, 0.05) is 12.5 Å². The molecule has 0 saturated heterocycles. The second-order valence-corrected chi connectivity index (χ2v) is 7.50. The van der Waals surface area contributed by atoms with Crippen molar-refractivity contribution >= 4 is 40.2 Å². The van der Waals surface area contributed by atoms with Gasteiger partial charge in [0.15, 0.2) is 6.10 Å². The number of esters is 1. The summed E-state index contributed by atoms with van der Waals surface area (Å²) in [6.45, 7) is 8.41. The third-order valence-corrected chi connectivity index (χ3v) is 4.27. The molecular formula is C16H23N3O5S. The third kappa shape index (κ3) is 5.86. The molecule has 1 heterocycles. The molecule has 0 fully saturated rings. The number of anilines is 1. The van der Waals surface area contributed by atoms with Crippen molar-refractivity contribution in [3.63, 3.8) is 0 Å². The first-order chi connectivity index (χ1) is 11.5. The van der Waals surface area contributed by atoms with Gasteiger partial charge in [-0.25, -0.2) is 9.59 Å². The maximum atomic E-state index is 12.2. The summed E-state index contributed by atoms with van der Waals surface area (Å²) in [4.78, 5) is 47.3. The lowest BCUT2D eigenvalue weighted by Gasteiger charge is -2.16. The number of urea groups is 1. The molecule has 0 aliphatic heterocycles. The molecule has 1 atom stereocenters. The van der Waals surface area contributed by atoms with Crippen molar-refractivity contribution in [2.75, 3.05) is 12.4 Å². The largest absolute Gasteiger partial charge is 0.448 e. The molecular weight excluding hydrogens is 346 g/mol. The van der Waals surface area contributed by atoms with Crippen LogP contribution in [-0.2, 0) is 14.3 Å². The second-order valence-electron chi connectivity index (χ2n) is 6.44. The van der Waals surface area contributed by atoms with Gasteiger partial charge >= 0.3 is 12.0 Å². The number of carbonyl (C=O) groups excluding carboxylic acids is 4. The Hall–Kier alpha value is -2.42. The van der Waals surface area contributed by atoms with E-state index in [0.29, 0.717) is 10.6 Å². The fraction of sp³-hybridized carbons (Fsp3) is 0.500. The van der Waals surface area contributed by atoms with E-state index in [2.05, 4.69) is 10.6 Å². The average Bonchev–Trinajstić information content (AvgIpc) is 2.86. The molecule has 1 aromatic rings. The lowest BCUT2D eigenvalue weighted by molar-refractivity contribution is -0.128. The molecule has 0 unspecified atom stereocenters. The van der Waals surface area contributed by atoms with Crippen LogP contribution in [0.15, 0.2) is 6.07 Å². The van der Waals surface area contributed by atoms with Crippen molar-refractivity contribution in [1.29, 1.82) is 0 Å². The fourth-order valence-electron chi connectivity index (χ4n) is 1.59. The van der Waals surface area contributed by atoms with Gasteiger partial charge in [0.05, 0.1) is 5.00 Å². The number of aryl methyl sites for hydroxylation is 1. The van der Waals surface area contributed by atoms with Gasteiger partial charge < -0.3 is 15.4 Å². The number of imide groups is 1. The second kappa shape index (κ2) is 8.11. The van der Waals surface area contributed by atoms with Gasteiger partial charge in [-0.3, -0.25) is 14.9 Å². The highest BCUT2D eigenvalue weighted by atomic mass is 32.1. The number of hydrogen-bond donors (Lipinski definition) is 3. The van der Waals surface area contributed by atoms with E-state index in [1.165, 1.54) is 14.0 Å². The lowest BCUT2D eigenvalue weighted by Crippen LogP contribution is -2.43. The first-order valence-corrected chi connectivity index (χ1v) is 8.42. The Balaban J connectivity index is 2.78. The Morgan fingerprint density at radius 3 is 2.32 bits per heavy atom. The van der Waals surface area contributed by atoms with E-state index in [-0.39, 0.29) is 10.8 Å². The number of rotatable bonds is 4. The van der Waals surface area contributed by atoms with Crippen LogP contribution >= 0.6 is 11.3 Å². The van der Waals surface area contributed by atoms with Gasteiger partial charge in [0.1, 0.15) is 4.88 Å². The Labute approximate surface area is 150 Å². The van der Waals surface area contributed by atoms with Gasteiger partial charge in [0.2, 0.25) is 5.91 Å². The van der Waals surface area contributed by atoms with E-state index in [9.17, 15) is 19.2 Å². The molecule has 3 N–H and O–H groups in total. The summed E-state index contributed by atoms with van der Waals surface area (Å²) in [5.41, 5.74) is 0.0588. The minimum Gasteiger partial charge on any atom is -0.448 e. The van der Waals surface area contributed by atoms with Crippen molar-refractivity contribution in [2.45, 2.75) is 40.7 Å². The van der Waals surface area contributed by atoms with Crippen molar-refractivity contribution in [3.05, 3.63) is 16.5 Å². The molecule has 1 rings (SSSR count). The molecule has 0 saturated carbocycles. The van der Waals surface area contributed by atoms with Crippen LogP contribution in [-0.4, -0.2) is 37.0 Å². The predicted molar refractivity (Wildman–Crippen MR) is 94.6 cm³/mol. The topological polar surface area (TPSA) is 114 Å². The summed E-state index contributed by atoms with van der Waals surface area (Å²) in [5.74, 6) is -1.60. The van der Waals surface area contributed by atoms with Crippen LogP contribution in [0.4, 0.5) is 9.80 Å². The monoisotopic (exact) mass is 369 g/mol. The maximum absolute atomic E-state index is 12.2. The summed E-state index contributed by atoms with van der Waals surface area (Å²) in [7, 11) is 1.36. The van der Waals surface area contributed by atoms with E-state index in [0.717, 1.165) is 11.3 Å². The predicted octanol–water partition coefficient (Wildman–Crippen LogP) is 2.04. The smallest absolute Gasteiger partial charge is 0.349 e. The van der Waals surface area contributed by atoms with Crippen LogP contribution in [0.3, 0.4) is 0 Å². The zero-order chi connectivity index (χ0) is 19.4. The van der Waals surface area contributed by atoms with Crippen LogP contribution in [0.1, 0.15) is 42.9 Å². The summed E-state index contributed by atoms with van der Waals surface area (Å²) >= 11 is 1.07. The van der Waals surface area contributed by atoms with Crippen molar-refractivity contribution in [3.8, 4) is 0 Å². The van der Waals surface area contributed by atoms with Gasteiger partial charge in [-0.2, -0.15) is 0 Å². The molecule has 25 heavy (non-hydrogen) atoms. The van der Waals surface area contributed by atoms with E-state index in [1.54, 1.807) is 33.8 Å². The van der Waals surface area contributed by atoms with Crippen LogP contribution in [0.5, 0.6) is 0 Å². The van der Waals surface area contributed by atoms with Gasteiger partial charge in [-0.15, -0.1) is 11.3 Å². The van der Waals surface area contributed by atoms with Crippen LogP contribution in [0, 0.1) is 12.3 Å². The number of ether oxygens (including phenoxy) is 1. The first kappa shape index (κ1) is 20.6. The molecule has 0 radical (unpaired) electrons. The minimum atomic E-state index is -1.14. The number of amides is 4. The molecule has 4 amide bonds. The Bertz CT molecular complexity index is 690. The van der Waals surface area contributed by atoms with E-state index in [4.69, 9.17) is 4.74 Å². The Morgan fingerprint density at radius 1 is 1.20 bits per heavy atom. The van der Waals surface area contributed by atoms with E-state index < -0.39 is 29.4 Å². The Morgan fingerprint density at radius 2 is 1.80 bits per heavy atom. The quantitative estimate of drug-likeness (QED) is 0.703. The molecule has 9 heteroatoms. The minimum absolute atomic E-state index is 0.174. The first-order valence-electron chi connectivity index (χ1n) is 7.61. The standard InChI is InChI=1S/C16H23N3O5S/c1-8-7-10(18-14(22)16(3,4)5)25-11(8)13(21)24-9(2)12(20)19-15(23)17-6/h7,9H,1-6H3,(H,18,22)(H2,17,19,20,23)/t9-/m0/s1. The summed E-state index contributed by atoms with van der Waals surface area (Å²) in [5, 5.41) is 7.53. The molecule has 0 aliphatic rings. The normalized spacial score (nSPS) is 12.1. The zero-order valence-electron chi connectivity index (χ0n) is 15.1. The number of hydrogen-bond acceptors (Lipinski definition) is 6. The van der Waals surface area contributed by atoms with Crippen molar-refractivity contribution in [2.24, 2.45) is 5.41 Å². The summed E-state index contributed by atoms with van der Waals surface area (Å²) < 4.78 is 5.08. The van der Waals surface area contributed by atoms with Gasteiger partial charge in [-0.05, 0) is 25.5 Å². The van der Waals surface area contributed by atoms with Gasteiger partial charge in [0.25, 0.3) is 5.91 Å². The van der Waals surface area contributed by atoms with Crippen LogP contribution < -0.4 is 16.0 Å². The molecule has 0 aliphatic carbocycles. The van der Waals surface area contributed by atoms with Crippen molar-refractivity contribution in [1.82, 2.24) is 10.6 Å². The molecule has 138 valence electrons. The van der Waals surface area contributed by atoms with E-state index >= 15 is 0 Å². The number of nitrogens with one attached hydrogen (secondary N) is 3. The summed E-state index contributed by atoms with van der Waals surface area (Å²) in [6.07, 6.45) is -1.14. The zero-order valence-corrected chi connectivity index (χ0v) is 15.9. The van der Waals surface area contributed by atoms with Gasteiger partial charge in [-0.1, -0.05) is 20.8 Å². The highest BCUT2D eigenvalue weighted by Crippen LogP contribution is 2.29. The molecule has 0 bridgehead atoms. The molecule has 0 spiro atoms. The van der Waals surface area contributed by atoms with Crippen molar-refractivity contribution < 1.29 is 23.9 Å². The number of thiophene rings is 1. The fourth-order valence-corrected chi connectivity index (χ4v) is 2.54. The summed E-state index contributed by atoms with van der Waals surface area (Å²) in [6, 6.07) is 0.979. The lowest BCUT2D eigenvalue weighted by atomic mass is 9.96. The highest BCUT2D eigenvalue weighted by Gasteiger charge is 2.25. The third-order valence-electron chi connectivity index (χ3n) is 3.14. The number of carbonyl (C=O) groups is 4. The van der Waals surface area contributed by atoms with Crippen LogP contribution in [0.2, 0.25) is 0 Å². The highest BCUT2D eigenvalue weighted by molar-refractivity contribution is 7.18. The molecule has 0 aromatic carbocycles. The SMILES string of the molecule is CNC(=O)NC(=O)[C@H](C)OC(=O)c1sc(NC(=O)C(C)(C)C)cc1C. The van der Waals surface area contributed by atoms with E-state index in [1.807, 2.05) is 5.32 Å². The molecule has 1 aromatic heterocycles. The van der Waals surface area contributed by atoms with Crippen LogP contribution in [0.25, 0.3) is 0 Å².